The molecule has 2 unspecified atom stereocenters. The van der Waals surface area contributed by atoms with Gasteiger partial charge in [-0.2, -0.15) is 5.10 Å². The predicted octanol–water partition coefficient (Wildman–Crippen LogP) is 6.46. The molecule has 2 heterocycles. The second-order valence-corrected chi connectivity index (χ2v) is 8.78. The molecule has 1 saturated carbocycles. The fraction of sp³-hybridized carbons (Fsp3) is 0.200. The molecule has 3 nitrogen and oxygen atoms in total. The molecule has 0 N–H and O–H groups in total. The first kappa shape index (κ1) is 19.8. The first-order chi connectivity index (χ1) is 15.1. The van der Waals surface area contributed by atoms with Crippen LogP contribution in [0.5, 0.6) is 0 Å². The van der Waals surface area contributed by atoms with E-state index in [4.69, 9.17) is 5.10 Å². The van der Waals surface area contributed by atoms with Gasteiger partial charge in [-0.1, -0.05) is 30.3 Å². The molecule has 0 spiro atoms. The number of hydrogen-bond acceptors (Lipinski definition) is 3. The van der Waals surface area contributed by atoms with Gasteiger partial charge >= 0.3 is 0 Å². The summed E-state index contributed by atoms with van der Waals surface area (Å²) in [5.41, 5.74) is 3.74. The molecule has 0 radical (unpaired) electrons. The van der Waals surface area contributed by atoms with Gasteiger partial charge in [-0.25, -0.2) is 13.8 Å². The number of amides is 1. The maximum atomic E-state index is 13.6. The van der Waals surface area contributed by atoms with E-state index >= 15 is 0 Å². The Morgan fingerprint density at radius 2 is 1.74 bits per heavy atom. The van der Waals surface area contributed by atoms with Crippen LogP contribution in [0.3, 0.4) is 0 Å². The van der Waals surface area contributed by atoms with Crippen LogP contribution in [0.4, 0.5) is 8.78 Å². The number of carbonyl (C=O) groups excluding carboxylic acids is 1. The molecule has 1 fully saturated rings. The van der Waals surface area contributed by atoms with Crippen molar-refractivity contribution in [2.45, 2.75) is 25.3 Å². The first-order valence-electron chi connectivity index (χ1n) is 10.3. The van der Waals surface area contributed by atoms with E-state index in [1.165, 1.54) is 35.6 Å². The van der Waals surface area contributed by atoms with Crippen LogP contribution in [-0.4, -0.2) is 16.6 Å². The van der Waals surface area contributed by atoms with Crippen LogP contribution >= 0.6 is 11.3 Å². The number of halogens is 2. The molecule has 3 aromatic rings. The zero-order chi connectivity index (χ0) is 21.4. The van der Waals surface area contributed by atoms with E-state index < -0.39 is 0 Å². The third-order valence-electron chi connectivity index (χ3n) is 5.86. The lowest BCUT2D eigenvalue weighted by Gasteiger charge is -2.29. The number of fused-ring (bicyclic) bond motifs is 1. The number of thiophene rings is 1. The van der Waals surface area contributed by atoms with Crippen LogP contribution in [0.25, 0.3) is 6.08 Å². The van der Waals surface area contributed by atoms with Gasteiger partial charge in [-0.3, -0.25) is 4.79 Å². The van der Waals surface area contributed by atoms with Gasteiger partial charge in [-0.05, 0) is 77.8 Å². The molecular formula is C25H20F2N2OS. The summed E-state index contributed by atoms with van der Waals surface area (Å²) >= 11 is 1.38. The summed E-state index contributed by atoms with van der Waals surface area (Å²) in [6, 6.07) is 16.1. The minimum atomic E-state index is -0.306. The van der Waals surface area contributed by atoms with E-state index in [0.29, 0.717) is 4.88 Å². The van der Waals surface area contributed by atoms with Crippen molar-refractivity contribution < 1.29 is 13.6 Å². The lowest BCUT2D eigenvalue weighted by atomic mass is 9.77. The van der Waals surface area contributed by atoms with Gasteiger partial charge in [0, 0.05) is 5.92 Å². The number of hydrazone groups is 1. The topological polar surface area (TPSA) is 32.7 Å². The Kier molecular flexibility index (Phi) is 5.24. The van der Waals surface area contributed by atoms with Crippen LogP contribution in [0, 0.1) is 17.6 Å². The lowest BCUT2D eigenvalue weighted by molar-refractivity contribution is 0.0686. The Balaban J connectivity index is 1.57. The molecule has 1 aliphatic heterocycles. The molecule has 1 aliphatic carbocycles. The summed E-state index contributed by atoms with van der Waals surface area (Å²) in [5, 5.41) is 8.26. The SMILES string of the molecule is O=C(c1cccs1)N1N=C2C(=Cc3ccc(F)cc3)CCCC2C1c1ccc(F)cc1. The van der Waals surface area contributed by atoms with Crippen LogP contribution < -0.4 is 0 Å². The predicted molar refractivity (Wildman–Crippen MR) is 119 cm³/mol. The molecule has 0 bridgehead atoms. The number of benzene rings is 2. The van der Waals surface area contributed by atoms with Crippen molar-refractivity contribution in [2.75, 3.05) is 0 Å². The van der Waals surface area contributed by atoms with E-state index in [1.807, 2.05) is 17.5 Å². The zero-order valence-corrected chi connectivity index (χ0v) is 17.5. The normalized spacial score (nSPS) is 21.8. The van der Waals surface area contributed by atoms with Crippen molar-refractivity contribution in [2.24, 2.45) is 11.0 Å². The average Bonchev–Trinajstić information content (AvgIpc) is 3.44. The fourth-order valence-corrected chi connectivity index (χ4v) is 5.09. The molecular weight excluding hydrogens is 414 g/mol. The van der Waals surface area contributed by atoms with Crippen molar-refractivity contribution in [1.82, 2.24) is 5.01 Å². The molecule has 6 heteroatoms. The van der Waals surface area contributed by atoms with Crippen LogP contribution in [0.15, 0.2) is 76.7 Å². The number of nitrogens with zero attached hydrogens (tertiary/aromatic N) is 2. The van der Waals surface area contributed by atoms with Gasteiger partial charge < -0.3 is 0 Å². The van der Waals surface area contributed by atoms with E-state index in [9.17, 15) is 13.6 Å². The van der Waals surface area contributed by atoms with Gasteiger partial charge in [0.15, 0.2) is 0 Å². The summed E-state index contributed by atoms with van der Waals surface area (Å²) in [6.45, 7) is 0. The maximum absolute atomic E-state index is 13.6. The molecule has 5 rings (SSSR count). The number of rotatable bonds is 3. The Morgan fingerprint density at radius 3 is 2.42 bits per heavy atom. The minimum Gasteiger partial charge on any atom is -0.266 e. The van der Waals surface area contributed by atoms with Gasteiger partial charge in [0.05, 0.1) is 16.6 Å². The van der Waals surface area contributed by atoms with E-state index in [2.05, 4.69) is 0 Å². The highest BCUT2D eigenvalue weighted by Crippen LogP contribution is 2.45. The largest absolute Gasteiger partial charge is 0.284 e. The zero-order valence-electron chi connectivity index (χ0n) is 16.7. The van der Waals surface area contributed by atoms with Crippen molar-refractivity contribution in [3.8, 4) is 0 Å². The van der Waals surface area contributed by atoms with Crippen molar-refractivity contribution in [1.29, 1.82) is 0 Å². The summed E-state index contributed by atoms with van der Waals surface area (Å²) in [5.74, 6) is -0.687. The average molecular weight is 435 g/mol. The van der Waals surface area contributed by atoms with Crippen molar-refractivity contribution >= 4 is 29.0 Å². The molecule has 156 valence electrons. The Hall–Kier alpha value is -3.12. The summed E-state index contributed by atoms with van der Waals surface area (Å²) in [4.78, 5) is 13.9. The number of allylic oxidation sites excluding steroid dienone is 1. The third-order valence-corrected chi connectivity index (χ3v) is 6.72. The van der Waals surface area contributed by atoms with E-state index in [0.717, 1.165) is 41.7 Å². The minimum absolute atomic E-state index is 0.0369. The van der Waals surface area contributed by atoms with Gasteiger partial charge in [0.2, 0.25) is 0 Å². The second-order valence-electron chi connectivity index (χ2n) is 7.83. The fourth-order valence-electron chi connectivity index (χ4n) is 4.43. The first-order valence-corrected chi connectivity index (χ1v) is 11.2. The highest BCUT2D eigenvalue weighted by atomic mass is 32.1. The monoisotopic (exact) mass is 434 g/mol. The molecule has 2 aromatic carbocycles. The highest BCUT2D eigenvalue weighted by molar-refractivity contribution is 7.12. The number of carbonyl (C=O) groups is 1. The van der Waals surface area contributed by atoms with Gasteiger partial charge in [-0.15, -0.1) is 11.3 Å². The summed E-state index contributed by atoms with van der Waals surface area (Å²) in [6.07, 6.45) is 4.75. The quantitative estimate of drug-likeness (QED) is 0.465. The Morgan fingerprint density at radius 1 is 1.03 bits per heavy atom. The molecule has 2 atom stereocenters. The van der Waals surface area contributed by atoms with Crippen LogP contribution in [0.2, 0.25) is 0 Å². The Labute approximate surface area is 183 Å². The maximum Gasteiger partial charge on any atom is 0.284 e. The smallest absolute Gasteiger partial charge is 0.266 e. The molecule has 2 aliphatic rings. The highest BCUT2D eigenvalue weighted by Gasteiger charge is 2.44. The Bertz CT molecular complexity index is 1150. The third kappa shape index (κ3) is 3.83. The number of hydrogen-bond donors (Lipinski definition) is 0. The molecule has 1 amide bonds. The standard InChI is InChI=1S/C25H20F2N2OS/c26-19-10-6-16(7-11-19)15-18-3-1-4-21-23(18)28-29(25(30)22-5-2-14-31-22)24(21)17-8-12-20(27)13-9-17/h2,5-15,21,24H,1,3-4H2. The molecule has 0 saturated heterocycles. The summed E-state index contributed by atoms with van der Waals surface area (Å²) in [7, 11) is 0. The second kappa shape index (κ2) is 8.19. The van der Waals surface area contributed by atoms with Gasteiger partial charge in [0.1, 0.15) is 11.6 Å². The van der Waals surface area contributed by atoms with Crippen LogP contribution in [0.1, 0.15) is 46.1 Å². The van der Waals surface area contributed by atoms with Crippen molar-refractivity contribution in [3.05, 3.63) is 99.3 Å². The summed E-state index contributed by atoms with van der Waals surface area (Å²) < 4.78 is 26.9. The van der Waals surface area contributed by atoms with Crippen LogP contribution in [-0.2, 0) is 0 Å². The molecule has 1 aromatic heterocycles. The van der Waals surface area contributed by atoms with E-state index in [-0.39, 0.29) is 29.5 Å². The van der Waals surface area contributed by atoms with E-state index in [1.54, 1.807) is 35.3 Å². The van der Waals surface area contributed by atoms with Gasteiger partial charge in [0.25, 0.3) is 5.91 Å². The van der Waals surface area contributed by atoms with Crippen molar-refractivity contribution in [3.63, 3.8) is 0 Å². The molecule has 31 heavy (non-hydrogen) atoms. The lowest BCUT2D eigenvalue weighted by Crippen LogP contribution is -2.31.